The molecule has 2 unspecified atom stereocenters. The number of carbonyl (C=O) groups is 4. The molecule has 29 heavy (non-hydrogen) atoms. The van der Waals surface area contributed by atoms with Crippen LogP contribution in [0.25, 0.3) is 0 Å². The van der Waals surface area contributed by atoms with E-state index in [4.69, 9.17) is 0 Å². The maximum absolute atomic E-state index is 13.0. The van der Waals surface area contributed by atoms with Crippen LogP contribution < -0.4 is 15.5 Å². The van der Waals surface area contributed by atoms with E-state index in [1.54, 1.807) is 23.1 Å². The monoisotopic (exact) mass is 398 g/mol. The Morgan fingerprint density at radius 1 is 1.21 bits per heavy atom. The molecule has 5 amide bonds. The molecule has 2 aliphatic heterocycles. The average molecular weight is 398 g/mol. The molecule has 1 aromatic carbocycles. The van der Waals surface area contributed by atoms with Gasteiger partial charge in [0.1, 0.15) is 12.1 Å². The van der Waals surface area contributed by atoms with Crippen LogP contribution in [0.15, 0.2) is 24.3 Å². The number of benzene rings is 1. The highest BCUT2D eigenvalue weighted by atomic mass is 16.2. The van der Waals surface area contributed by atoms with Crippen LogP contribution in [0, 0.1) is 5.92 Å². The number of nitrogens with one attached hydrogen (secondary N) is 2. The first kappa shape index (κ1) is 19.4. The zero-order valence-electron chi connectivity index (χ0n) is 16.6. The van der Waals surface area contributed by atoms with E-state index in [1.165, 1.54) is 0 Å². The van der Waals surface area contributed by atoms with Gasteiger partial charge >= 0.3 is 6.03 Å². The van der Waals surface area contributed by atoms with Crippen LogP contribution in [-0.2, 0) is 14.4 Å². The quantitative estimate of drug-likeness (QED) is 0.760. The van der Waals surface area contributed by atoms with Gasteiger partial charge in [-0.3, -0.25) is 19.3 Å². The van der Waals surface area contributed by atoms with Crippen molar-refractivity contribution in [3.05, 3.63) is 24.3 Å². The highest BCUT2D eigenvalue weighted by molar-refractivity contribution is 6.11. The molecule has 154 valence electrons. The lowest BCUT2D eigenvalue weighted by Gasteiger charge is -2.36. The van der Waals surface area contributed by atoms with E-state index in [0.29, 0.717) is 30.8 Å². The van der Waals surface area contributed by atoms with Gasteiger partial charge in [0.15, 0.2) is 0 Å². The Morgan fingerprint density at radius 2 is 2.00 bits per heavy atom. The minimum atomic E-state index is -0.879. The molecule has 1 saturated carbocycles. The minimum absolute atomic E-state index is 0.0222. The fourth-order valence-electron chi connectivity index (χ4n) is 4.69. The molecule has 2 N–H and O–H groups in total. The predicted molar refractivity (Wildman–Crippen MR) is 107 cm³/mol. The van der Waals surface area contributed by atoms with E-state index in [2.05, 4.69) is 10.6 Å². The van der Waals surface area contributed by atoms with Crippen molar-refractivity contribution in [2.45, 2.75) is 51.0 Å². The number of hydrogen-bond acceptors (Lipinski definition) is 4. The smallest absolute Gasteiger partial charge is 0.323 e. The average Bonchev–Trinajstić information content (AvgIpc) is 3.22. The Kier molecular flexibility index (Phi) is 5.02. The number of imide groups is 1. The molecule has 2 atom stereocenters. The van der Waals surface area contributed by atoms with Gasteiger partial charge in [0.2, 0.25) is 11.8 Å². The molecule has 0 aromatic heterocycles. The first-order valence-electron chi connectivity index (χ1n) is 10.3. The standard InChI is InChI=1S/C21H26N4O4/c1-14-7-4-5-11-21(14)19(28)25(20(29)23-21)13-17(26)22-15-8-2-3-9-16(15)24-12-6-10-18(24)27/h2-3,8-9,14H,4-7,10-13H2,1H3,(H,22,26)(H,23,29). The molecule has 8 nitrogen and oxygen atoms in total. The molecule has 0 bridgehead atoms. The molecular weight excluding hydrogens is 372 g/mol. The van der Waals surface area contributed by atoms with Crippen LogP contribution in [0.4, 0.5) is 16.2 Å². The van der Waals surface area contributed by atoms with Crippen LogP contribution >= 0.6 is 0 Å². The number of carbonyl (C=O) groups excluding carboxylic acids is 4. The molecule has 2 saturated heterocycles. The number of urea groups is 1. The summed E-state index contributed by atoms with van der Waals surface area (Å²) in [4.78, 5) is 52.9. The van der Waals surface area contributed by atoms with Crippen molar-refractivity contribution in [2.24, 2.45) is 5.92 Å². The van der Waals surface area contributed by atoms with Crippen LogP contribution in [0.2, 0.25) is 0 Å². The van der Waals surface area contributed by atoms with E-state index in [1.807, 2.05) is 13.0 Å². The molecule has 8 heteroatoms. The number of nitrogens with zero attached hydrogens (tertiary/aromatic N) is 2. The van der Waals surface area contributed by atoms with Gasteiger partial charge in [-0.15, -0.1) is 0 Å². The summed E-state index contributed by atoms with van der Waals surface area (Å²) in [5.74, 6) is -0.711. The summed E-state index contributed by atoms with van der Waals surface area (Å²) in [6.07, 6.45) is 4.68. The largest absolute Gasteiger partial charge is 0.325 e. The SMILES string of the molecule is CC1CCCCC12NC(=O)N(CC(=O)Nc1ccccc1N1CCCC1=O)C2=O. The third-order valence-corrected chi connectivity index (χ3v) is 6.35. The second-order valence-electron chi connectivity index (χ2n) is 8.15. The van der Waals surface area contributed by atoms with Crippen molar-refractivity contribution in [3.8, 4) is 0 Å². The van der Waals surface area contributed by atoms with Crippen molar-refractivity contribution in [1.29, 1.82) is 0 Å². The lowest BCUT2D eigenvalue weighted by molar-refractivity contribution is -0.136. The normalized spacial score (nSPS) is 26.9. The zero-order valence-corrected chi connectivity index (χ0v) is 16.6. The van der Waals surface area contributed by atoms with Crippen molar-refractivity contribution >= 4 is 35.1 Å². The van der Waals surface area contributed by atoms with Gasteiger partial charge in [0, 0.05) is 13.0 Å². The Labute approximate surface area is 169 Å². The summed E-state index contributed by atoms with van der Waals surface area (Å²) in [7, 11) is 0. The number of anilines is 2. The van der Waals surface area contributed by atoms with Gasteiger partial charge in [-0.1, -0.05) is 31.9 Å². The van der Waals surface area contributed by atoms with Crippen molar-refractivity contribution in [2.75, 3.05) is 23.3 Å². The zero-order chi connectivity index (χ0) is 20.6. The van der Waals surface area contributed by atoms with Crippen LogP contribution in [0.5, 0.6) is 0 Å². The minimum Gasteiger partial charge on any atom is -0.323 e. The summed E-state index contributed by atoms with van der Waals surface area (Å²) in [5, 5.41) is 5.63. The van der Waals surface area contributed by atoms with E-state index in [0.717, 1.165) is 30.6 Å². The first-order chi connectivity index (χ1) is 13.9. The van der Waals surface area contributed by atoms with Crippen molar-refractivity contribution < 1.29 is 19.2 Å². The fourth-order valence-corrected chi connectivity index (χ4v) is 4.69. The third-order valence-electron chi connectivity index (χ3n) is 6.35. The van der Waals surface area contributed by atoms with Gasteiger partial charge in [0.05, 0.1) is 11.4 Å². The van der Waals surface area contributed by atoms with Gasteiger partial charge in [-0.2, -0.15) is 0 Å². The summed E-state index contributed by atoms with van der Waals surface area (Å²) in [6.45, 7) is 2.24. The van der Waals surface area contributed by atoms with E-state index in [-0.39, 0.29) is 24.3 Å². The van der Waals surface area contributed by atoms with Gasteiger partial charge < -0.3 is 15.5 Å². The Hall–Kier alpha value is -2.90. The number of amides is 5. The molecular formula is C21H26N4O4. The highest BCUT2D eigenvalue weighted by Crippen LogP contribution is 2.38. The first-order valence-corrected chi connectivity index (χ1v) is 10.3. The molecule has 1 aliphatic carbocycles. The summed E-state index contributed by atoms with van der Waals surface area (Å²) in [5.41, 5.74) is 0.258. The fraction of sp³-hybridized carbons (Fsp3) is 0.524. The predicted octanol–water partition coefficient (Wildman–Crippen LogP) is 2.25. The Balaban J connectivity index is 1.48. The second kappa shape index (κ2) is 7.50. The Bertz CT molecular complexity index is 870. The van der Waals surface area contributed by atoms with Crippen molar-refractivity contribution in [3.63, 3.8) is 0 Å². The summed E-state index contributed by atoms with van der Waals surface area (Å²) >= 11 is 0. The van der Waals surface area contributed by atoms with E-state index in [9.17, 15) is 19.2 Å². The lowest BCUT2D eigenvalue weighted by Crippen LogP contribution is -2.54. The molecule has 3 aliphatic rings. The molecule has 2 heterocycles. The van der Waals surface area contributed by atoms with Crippen LogP contribution in [0.1, 0.15) is 45.4 Å². The molecule has 1 spiro atoms. The number of para-hydroxylation sites is 2. The van der Waals surface area contributed by atoms with Gasteiger partial charge in [0.25, 0.3) is 5.91 Å². The topological polar surface area (TPSA) is 98.8 Å². The lowest BCUT2D eigenvalue weighted by atomic mass is 9.73. The van der Waals surface area contributed by atoms with Crippen molar-refractivity contribution in [1.82, 2.24) is 10.2 Å². The Morgan fingerprint density at radius 3 is 2.72 bits per heavy atom. The maximum Gasteiger partial charge on any atom is 0.325 e. The third kappa shape index (κ3) is 3.36. The maximum atomic E-state index is 13.0. The van der Waals surface area contributed by atoms with Gasteiger partial charge in [-0.05, 0) is 37.3 Å². The molecule has 0 radical (unpaired) electrons. The number of rotatable bonds is 4. The summed E-state index contributed by atoms with van der Waals surface area (Å²) in [6, 6.07) is 6.57. The second-order valence-corrected chi connectivity index (χ2v) is 8.15. The van der Waals surface area contributed by atoms with Gasteiger partial charge in [-0.25, -0.2) is 4.79 Å². The van der Waals surface area contributed by atoms with Crippen LogP contribution in [-0.4, -0.2) is 47.3 Å². The van der Waals surface area contributed by atoms with E-state index >= 15 is 0 Å². The molecule has 1 aromatic rings. The van der Waals surface area contributed by atoms with E-state index < -0.39 is 17.5 Å². The highest BCUT2D eigenvalue weighted by Gasteiger charge is 2.55. The molecule has 3 fully saturated rings. The molecule has 4 rings (SSSR count). The van der Waals surface area contributed by atoms with Crippen LogP contribution in [0.3, 0.4) is 0 Å². The summed E-state index contributed by atoms with van der Waals surface area (Å²) < 4.78 is 0. The number of hydrogen-bond donors (Lipinski definition) is 2.